The first-order valence-electron chi connectivity index (χ1n) is 6.45. The summed E-state index contributed by atoms with van der Waals surface area (Å²) in [4.78, 5) is 0. The van der Waals surface area contributed by atoms with Gasteiger partial charge in [-0.25, -0.2) is 0 Å². The minimum atomic E-state index is -0.311. The zero-order valence-corrected chi connectivity index (χ0v) is 14.7. The minimum Gasteiger partial charge on any atom is -0.492 e. The minimum absolute atomic E-state index is 0.270. The highest BCUT2D eigenvalue weighted by Gasteiger charge is 2.10. The van der Waals surface area contributed by atoms with Crippen molar-refractivity contribution in [1.29, 1.82) is 0 Å². The Morgan fingerprint density at radius 3 is 2.32 bits per heavy atom. The number of nitrogens with one attached hydrogen (secondary N) is 1. The highest BCUT2D eigenvalue weighted by molar-refractivity contribution is 9.11. The molecular formula is C14H21Br2NO2. The number of aliphatic hydroxyl groups excluding tert-OH is 1. The largest absolute Gasteiger partial charge is 0.492 e. The van der Waals surface area contributed by atoms with E-state index in [0.717, 1.165) is 20.3 Å². The molecule has 0 saturated carbocycles. The third kappa shape index (κ3) is 5.42. The van der Waals surface area contributed by atoms with Crippen molar-refractivity contribution in [2.45, 2.75) is 33.4 Å². The van der Waals surface area contributed by atoms with Crippen molar-refractivity contribution in [3.05, 3.63) is 26.6 Å². The molecule has 0 aliphatic carbocycles. The summed E-state index contributed by atoms with van der Waals surface area (Å²) in [6.45, 7) is 7.93. The SMILES string of the molecule is CCOc1c(Br)cc(CNCC(O)C(C)C)cc1Br. The number of benzene rings is 1. The van der Waals surface area contributed by atoms with Crippen LogP contribution in [0.5, 0.6) is 5.75 Å². The van der Waals surface area contributed by atoms with Gasteiger partial charge in [-0.05, 0) is 62.4 Å². The van der Waals surface area contributed by atoms with Crippen LogP contribution in [0.25, 0.3) is 0 Å². The van der Waals surface area contributed by atoms with E-state index in [2.05, 4.69) is 37.2 Å². The molecule has 0 radical (unpaired) electrons. The number of hydrogen-bond donors (Lipinski definition) is 2. The molecule has 1 aromatic carbocycles. The van der Waals surface area contributed by atoms with Crippen LogP contribution in [0.2, 0.25) is 0 Å². The number of ether oxygens (including phenoxy) is 1. The van der Waals surface area contributed by atoms with Crippen molar-refractivity contribution >= 4 is 31.9 Å². The fourth-order valence-electron chi connectivity index (χ4n) is 1.60. The van der Waals surface area contributed by atoms with Crippen LogP contribution < -0.4 is 10.1 Å². The number of hydrogen-bond acceptors (Lipinski definition) is 3. The van der Waals surface area contributed by atoms with Crippen molar-refractivity contribution in [2.75, 3.05) is 13.2 Å². The topological polar surface area (TPSA) is 41.5 Å². The van der Waals surface area contributed by atoms with E-state index in [9.17, 15) is 5.11 Å². The van der Waals surface area contributed by atoms with Crippen LogP contribution in [-0.2, 0) is 6.54 Å². The van der Waals surface area contributed by atoms with Crippen LogP contribution in [0.15, 0.2) is 21.1 Å². The molecule has 0 bridgehead atoms. The molecule has 1 unspecified atom stereocenters. The monoisotopic (exact) mass is 393 g/mol. The quantitative estimate of drug-likeness (QED) is 0.740. The molecule has 0 spiro atoms. The first-order chi connectivity index (χ1) is 8.95. The van der Waals surface area contributed by atoms with E-state index in [1.807, 2.05) is 32.9 Å². The van der Waals surface area contributed by atoms with Crippen molar-refractivity contribution in [2.24, 2.45) is 5.92 Å². The zero-order chi connectivity index (χ0) is 14.4. The van der Waals surface area contributed by atoms with Crippen molar-refractivity contribution in [3.63, 3.8) is 0 Å². The fourth-order valence-corrected chi connectivity index (χ4v) is 3.11. The van der Waals surface area contributed by atoms with E-state index in [-0.39, 0.29) is 12.0 Å². The normalized spacial score (nSPS) is 12.8. The van der Waals surface area contributed by atoms with Crippen LogP contribution in [0, 0.1) is 5.92 Å². The van der Waals surface area contributed by atoms with E-state index in [0.29, 0.717) is 19.7 Å². The Morgan fingerprint density at radius 1 is 1.26 bits per heavy atom. The van der Waals surface area contributed by atoms with Gasteiger partial charge in [0.05, 0.1) is 21.7 Å². The molecular weight excluding hydrogens is 374 g/mol. The first-order valence-corrected chi connectivity index (χ1v) is 8.03. The summed E-state index contributed by atoms with van der Waals surface area (Å²) in [7, 11) is 0. The van der Waals surface area contributed by atoms with E-state index >= 15 is 0 Å². The summed E-state index contributed by atoms with van der Waals surface area (Å²) in [5.41, 5.74) is 1.14. The average Bonchev–Trinajstić information content (AvgIpc) is 2.33. The van der Waals surface area contributed by atoms with E-state index < -0.39 is 0 Å². The smallest absolute Gasteiger partial charge is 0.147 e. The molecule has 1 atom stereocenters. The first kappa shape index (κ1) is 17.0. The summed E-state index contributed by atoms with van der Waals surface area (Å²) in [5, 5.41) is 13.0. The molecule has 19 heavy (non-hydrogen) atoms. The lowest BCUT2D eigenvalue weighted by molar-refractivity contribution is 0.123. The van der Waals surface area contributed by atoms with Gasteiger partial charge in [-0.3, -0.25) is 0 Å². The Labute approximate surface area is 132 Å². The molecule has 1 rings (SSSR count). The van der Waals surface area contributed by atoms with Gasteiger partial charge in [0, 0.05) is 13.1 Å². The Morgan fingerprint density at radius 2 is 1.84 bits per heavy atom. The van der Waals surface area contributed by atoms with Crippen LogP contribution >= 0.6 is 31.9 Å². The fraction of sp³-hybridized carbons (Fsp3) is 0.571. The predicted octanol–water partition coefficient (Wildman–Crippen LogP) is 3.72. The number of rotatable bonds is 7. The molecule has 0 aromatic heterocycles. The van der Waals surface area contributed by atoms with Crippen LogP contribution in [0.1, 0.15) is 26.3 Å². The summed E-state index contributed by atoms with van der Waals surface area (Å²) in [6.07, 6.45) is -0.311. The molecule has 1 aromatic rings. The van der Waals surface area contributed by atoms with Crippen molar-refractivity contribution in [1.82, 2.24) is 5.32 Å². The molecule has 0 aliphatic heterocycles. The van der Waals surface area contributed by atoms with Gasteiger partial charge >= 0.3 is 0 Å². The summed E-state index contributed by atoms with van der Waals surface area (Å²) in [6, 6.07) is 4.06. The lowest BCUT2D eigenvalue weighted by Crippen LogP contribution is -2.30. The van der Waals surface area contributed by atoms with Crippen LogP contribution in [0.4, 0.5) is 0 Å². The predicted molar refractivity (Wildman–Crippen MR) is 85.6 cm³/mol. The molecule has 0 amide bonds. The van der Waals surface area contributed by atoms with Gasteiger partial charge in [0.2, 0.25) is 0 Å². The van der Waals surface area contributed by atoms with Gasteiger partial charge < -0.3 is 15.2 Å². The Kier molecular flexibility index (Phi) is 7.36. The lowest BCUT2D eigenvalue weighted by atomic mass is 10.1. The van der Waals surface area contributed by atoms with Gasteiger partial charge in [0.1, 0.15) is 5.75 Å². The maximum atomic E-state index is 9.73. The van der Waals surface area contributed by atoms with Gasteiger partial charge in [-0.15, -0.1) is 0 Å². The Balaban J connectivity index is 2.60. The highest BCUT2D eigenvalue weighted by Crippen LogP contribution is 2.34. The van der Waals surface area contributed by atoms with E-state index in [1.165, 1.54) is 0 Å². The standard InChI is InChI=1S/C14H21Br2NO2/c1-4-19-14-11(15)5-10(6-12(14)16)7-17-8-13(18)9(2)3/h5-6,9,13,17-18H,4,7-8H2,1-3H3. The number of aliphatic hydroxyl groups is 1. The van der Waals surface area contributed by atoms with Crippen LogP contribution in [0.3, 0.4) is 0 Å². The summed E-state index contributed by atoms with van der Waals surface area (Å²) < 4.78 is 7.41. The van der Waals surface area contributed by atoms with E-state index in [4.69, 9.17) is 4.74 Å². The molecule has 2 N–H and O–H groups in total. The second-order valence-corrected chi connectivity index (χ2v) is 6.47. The molecule has 0 heterocycles. The second kappa shape index (κ2) is 8.25. The van der Waals surface area contributed by atoms with Gasteiger partial charge in [-0.1, -0.05) is 13.8 Å². The molecule has 3 nitrogen and oxygen atoms in total. The third-order valence-corrected chi connectivity index (χ3v) is 3.98. The Bertz CT molecular complexity index is 387. The highest BCUT2D eigenvalue weighted by atomic mass is 79.9. The maximum absolute atomic E-state index is 9.73. The summed E-state index contributed by atoms with van der Waals surface area (Å²) in [5.74, 6) is 1.10. The molecule has 0 aliphatic rings. The van der Waals surface area contributed by atoms with Gasteiger partial charge in [0.15, 0.2) is 0 Å². The molecule has 0 saturated heterocycles. The van der Waals surface area contributed by atoms with Gasteiger partial charge in [-0.2, -0.15) is 0 Å². The van der Waals surface area contributed by atoms with Crippen LogP contribution in [-0.4, -0.2) is 24.4 Å². The third-order valence-electron chi connectivity index (χ3n) is 2.80. The molecule has 108 valence electrons. The average molecular weight is 395 g/mol. The Hall–Kier alpha value is -0.100. The lowest BCUT2D eigenvalue weighted by Gasteiger charge is -2.16. The van der Waals surface area contributed by atoms with E-state index in [1.54, 1.807) is 0 Å². The molecule has 0 fully saturated rings. The second-order valence-electron chi connectivity index (χ2n) is 4.76. The molecule has 5 heteroatoms. The maximum Gasteiger partial charge on any atom is 0.147 e. The van der Waals surface area contributed by atoms with Crippen molar-refractivity contribution in [3.8, 4) is 5.75 Å². The zero-order valence-electron chi connectivity index (χ0n) is 11.5. The number of halogens is 2. The van der Waals surface area contributed by atoms with Crippen molar-refractivity contribution < 1.29 is 9.84 Å². The summed E-state index contributed by atoms with van der Waals surface area (Å²) >= 11 is 7.02. The van der Waals surface area contributed by atoms with Gasteiger partial charge in [0.25, 0.3) is 0 Å².